The van der Waals surface area contributed by atoms with Crippen molar-refractivity contribution in [3.05, 3.63) is 12.2 Å². The van der Waals surface area contributed by atoms with Crippen LogP contribution in [0.2, 0.25) is 0 Å². The summed E-state index contributed by atoms with van der Waals surface area (Å²) in [5, 5.41) is 0. The lowest BCUT2D eigenvalue weighted by atomic mass is 9.85. The molecule has 1 saturated heterocycles. The van der Waals surface area contributed by atoms with Crippen LogP contribution in [0.3, 0.4) is 0 Å². The van der Waals surface area contributed by atoms with Crippen LogP contribution in [-0.4, -0.2) is 44.3 Å². The molecule has 2 heterocycles. The van der Waals surface area contributed by atoms with Crippen LogP contribution in [0, 0.1) is 17.8 Å². The first-order valence-electron chi connectivity index (χ1n) is 6.50. The SMILES string of the molecule is O=C1C(CCOS(=O)(=O)C(F)(F)F)C(=O)C2C3C=CC(O3)C12. The summed E-state index contributed by atoms with van der Waals surface area (Å²) >= 11 is 0. The highest BCUT2D eigenvalue weighted by Gasteiger charge is 2.60. The zero-order valence-corrected chi connectivity index (χ0v) is 11.8. The topological polar surface area (TPSA) is 86.7 Å². The first-order chi connectivity index (χ1) is 10.1. The summed E-state index contributed by atoms with van der Waals surface area (Å²) in [6.07, 6.45) is 2.03. The van der Waals surface area contributed by atoms with E-state index in [1.807, 2.05) is 0 Å². The van der Waals surface area contributed by atoms with Gasteiger partial charge in [0.2, 0.25) is 0 Å². The Bertz CT molecular complexity index is 622. The quantitative estimate of drug-likeness (QED) is 0.322. The minimum atomic E-state index is -5.71. The van der Waals surface area contributed by atoms with Crippen molar-refractivity contribution in [2.75, 3.05) is 6.61 Å². The standard InChI is InChI=1S/C12H11F3O6S/c13-12(14,15)22(18,19)20-4-3-5-10(16)8-6-1-2-7(21-6)9(8)11(5)17/h1-2,5-9H,3-4H2. The molecule has 0 aromatic carbocycles. The molecule has 122 valence electrons. The lowest BCUT2D eigenvalue weighted by Gasteiger charge is -2.12. The van der Waals surface area contributed by atoms with Crippen LogP contribution in [-0.2, 0) is 28.6 Å². The van der Waals surface area contributed by atoms with Gasteiger partial charge in [0.05, 0.1) is 36.6 Å². The van der Waals surface area contributed by atoms with E-state index < -0.39 is 63.8 Å². The molecule has 2 fully saturated rings. The lowest BCUT2D eigenvalue weighted by Crippen LogP contribution is -2.28. The Kier molecular flexibility index (Phi) is 3.46. The number of hydrogen-bond acceptors (Lipinski definition) is 6. The molecule has 4 atom stereocenters. The molecule has 0 aromatic heterocycles. The van der Waals surface area contributed by atoms with Gasteiger partial charge in [0.25, 0.3) is 0 Å². The molecular weight excluding hydrogens is 329 g/mol. The first-order valence-corrected chi connectivity index (χ1v) is 7.91. The van der Waals surface area contributed by atoms with Gasteiger partial charge in [0.15, 0.2) is 0 Å². The second-order valence-corrected chi connectivity index (χ2v) is 6.98. The molecule has 0 radical (unpaired) electrons. The molecule has 1 saturated carbocycles. The van der Waals surface area contributed by atoms with Gasteiger partial charge in [-0.3, -0.25) is 13.8 Å². The molecule has 4 unspecified atom stereocenters. The summed E-state index contributed by atoms with van der Waals surface area (Å²) < 4.78 is 67.1. The minimum absolute atomic E-state index is 0.389. The average molecular weight is 340 g/mol. The Hall–Kier alpha value is -1.26. The lowest BCUT2D eigenvalue weighted by molar-refractivity contribution is -0.131. The van der Waals surface area contributed by atoms with Crippen LogP contribution in [0.25, 0.3) is 0 Å². The molecular formula is C12H11F3O6S. The summed E-state index contributed by atoms with van der Waals surface area (Å²) in [6, 6.07) is 0. The van der Waals surface area contributed by atoms with Crippen molar-refractivity contribution in [1.29, 1.82) is 0 Å². The molecule has 10 heteroatoms. The van der Waals surface area contributed by atoms with Gasteiger partial charge in [-0.1, -0.05) is 12.2 Å². The normalized spacial score (nSPS) is 37.1. The Morgan fingerprint density at radius 2 is 1.59 bits per heavy atom. The summed E-state index contributed by atoms with van der Waals surface area (Å²) in [6.45, 7) is -0.868. The van der Waals surface area contributed by atoms with Crippen molar-refractivity contribution in [2.24, 2.45) is 17.8 Å². The molecule has 1 aliphatic carbocycles. The summed E-state index contributed by atoms with van der Waals surface area (Å²) in [5.41, 5.74) is -5.52. The van der Waals surface area contributed by atoms with Crippen LogP contribution < -0.4 is 0 Å². The maximum Gasteiger partial charge on any atom is 0.523 e. The number of alkyl halides is 3. The molecule has 0 amide bonds. The molecule has 6 nitrogen and oxygen atoms in total. The molecule has 0 aromatic rings. The third-order valence-electron chi connectivity index (χ3n) is 4.17. The molecule has 0 spiro atoms. The number of fused-ring (bicyclic) bond motifs is 5. The van der Waals surface area contributed by atoms with Crippen molar-refractivity contribution >= 4 is 21.7 Å². The van der Waals surface area contributed by atoms with Crippen LogP contribution in [0.5, 0.6) is 0 Å². The number of halogens is 3. The molecule has 22 heavy (non-hydrogen) atoms. The van der Waals surface area contributed by atoms with E-state index in [0.717, 1.165) is 0 Å². The van der Waals surface area contributed by atoms with Crippen LogP contribution in [0.4, 0.5) is 13.2 Å². The second-order valence-electron chi connectivity index (χ2n) is 5.37. The van der Waals surface area contributed by atoms with E-state index >= 15 is 0 Å². The van der Waals surface area contributed by atoms with Crippen LogP contribution in [0.15, 0.2) is 12.2 Å². The van der Waals surface area contributed by atoms with Gasteiger partial charge in [0, 0.05) is 0 Å². The summed E-state index contributed by atoms with van der Waals surface area (Å²) in [7, 11) is -5.71. The van der Waals surface area contributed by atoms with Crippen LogP contribution >= 0.6 is 0 Å². The predicted octanol–water partition coefficient (Wildman–Crippen LogP) is 0.580. The third-order valence-corrected chi connectivity index (χ3v) is 5.22. The number of Topliss-reactive ketones (excluding diaryl/α,β-unsaturated/α-hetero) is 2. The fourth-order valence-electron chi connectivity index (χ4n) is 3.22. The van der Waals surface area contributed by atoms with Crippen molar-refractivity contribution in [2.45, 2.75) is 24.1 Å². The van der Waals surface area contributed by atoms with Gasteiger partial charge in [-0.2, -0.15) is 21.6 Å². The fourth-order valence-corrected chi connectivity index (χ4v) is 3.67. The number of carbonyl (C=O) groups is 2. The number of rotatable bonds is 4. The third kappa shape index (κ3) is 2.20. The first kappa shape index (κ1) is 15.6. The van der Waals surface area contributed by atoms with Crippen molar-refractivity contribution in [3.63, 3.8) is 0 Å². The molecule has 3 rings (SSSR count). The van der Waals surface area contributed by atoms with Gasteiger partial charge < -0.3 is 4.74 Å². The number of carbonyl (C=O) groups excluding carboxylic acids is 2. The van der Waals surface area contributed by atoms with Gasteiger partial charge in [-0.05, 0) is 6.42 Å². The Balaban J connectivity index is 1.64. The van der Waals surface area contributed by atoms with E-state index in [1.54, 1.807) is 12.2 Å². The van der Waals surface area contributed by atoms with E-state index in [9.17, 15) is 31.2 Å². The van der Waals surface area contributed by atoms with E-state index in [1.165, 1.54) is 0 Å². The predicted molar refractivity (Wildman–Crippen MR) is 63.8 cm³/mol. The van der Waals surface area contributed by atoms with E-state index in [0.29, 0.717) is 0 Å². The molecule has 2 aliphatic heterocycles. The average Bonchev–Trinajstić information content (AvgIpc) is 3.06. The number of ketones is 2. The van der Waals surface area contributed by atoms with Crippen molar-refractivity contribution < 1.29 is 40.1 Å². The van der Waals surface area contributed by atoms with Gasteiger partial charge in [0.1, 0.15) is 11.6 Å². The number of hydrogen-bond donors (Lipinski definition) is 0. The van der Waals surface area contributed by atoms with Gasteiger partial charge in [-0.15, -0.1) is 0 Å². The van der Waals surface area contributed by atoms with Crippen molar-refractivity contribution in [3.8, 4) is 0 Å². The smallest absolute Gasteiger partial charge is 0.365 e. The minimum Gasteiger partial charge on any atom is -0.365 e. The molecule has 0 N–H and O–H groups in total. The fraction of sp³-hybridized carbons (Fsp3) is 0.667. The summed E-state index contributed by atoms with van der Waals surface area (Å²) in [4.78, 5) is 24.4. The van der Waals surface area contributed by atoms with Crippen molar-refractivity contribution in [1.82, 2.24) is 0 Å². The van der Waals surface area contributed by atoms with Gasteiger partial charge in [-0.25, -0.2) is 0 Å². The maximum atomic E-state index is 12.2. The highest BCUT2D eigenvalue weighted by Crippen LogP contribution is 2.47. The van der Waals surface area contributed by atoms with Crippen LogP contribution in [0.1, 0.15) is 6.42 Å². The molecule has 2 bridgehead atoms. The zero-order chi connectivity index (χ0) is 16.3. The Morgan fingerprint density at radius 3 is 2.05 bits per heavy atom. The Morgan fingerprint density at radius 1 is 1.09 bits per heavy atom. The van der Waals surface area contributed by atoms with E-state index in [-0.39, 0.29) is 6.42 Å². The largest absolute Gasteiger partial charge is 0.523 e. The second kappa shape index (κ2) is 4.87. The van der Waals surface area contributed by atoms with E-state index in [4.69, 9.17) is 4.74 Å². The zero-order valence-electron chi connectivity index (χ0n) is 10.9. The summed E-state index contributed by atoms with van der Waals surface area (Å²) in [5.74, 6) is -3.20. The molecule has 3 aliphatic rings. The Labute approximate surface area is 123 Å². The maximum absolute atomic E-state index is 12.2. The monoisotopic (exact) mass is 340 g/mol. The highest BCUT2D eigenvalue weighted by molar-refractivity contribution is 7.87. The van der Waals surface area contributed by atoms with Gasteiger partial charge >= 0.3 is 15.6 Å². The highest BCUT2D eigenvalue weighted by atomic mass is 32.2. The number of ether oxygens (including phenoxy) is 1. The van der Waals surface area contributed by atoms with E-state index in [2.05, 4.69) is 4.18 Å².